The molecule has 1 N–H and O–H groups in total. The van der Waals surface area contributed by atoms with Crippen LogP contribution in [-0.4, -0.2) is 57.1 Å². The van der Waals surface area contributed by atoms with Crippen LogP contribution >= 0.6 is 0 Å². The minimum atomic E-state index is -1.07. The Labute approximate surface area is 168 Å². The summed E-state index contributed by atoms with van der Waals surface area (Å²) >= 11 is 0. The molecule has 2 aromatic carbocycles. The lowest BCUT2D eigenvalue weighted by Gasteiger charge is -2.35. The molecule has 0 radical (unpaired) electrons. The largest absolute Gasteiger partial charge is 0.386 e. The number of carbonyl (C=O) groups excluding carboxylic acids is 1. The Morgan fingerprint density at radius 3 is 2.45 bits per heavy atom. The number of amides is 1. The Balaban J connectivity index is 1.36. The Bertz CT molecular complexity index is 970. The standard InChI is InChI=1S/C21H22FN5O2/c22-18-9-5-4-8-17(18)20(28)15-27-14-19(23-24-27)21(29)26-12-10-25(11-13-26)16-6-2-1-3-7-16/h1-9,14,20,28H,10-13,15H2. The molecule has 0 saturated carbocycles. The molecule has 150 valence electrons. The van der Waals surface area contributed by atoms with Gasteiger partial charge in [-0.05, 0) is 18.2 Å². The molecule has 3 aromatic rings. The molecule has 4 rings (SSSR count). The van der Waals surface area contributed by atoms with Crippen LogP contribution in [0.5, 0.6) is 0 Å². The molecule has 8 heteroatoms. The van der Waals surface area contributed by atoms with Crippen LogP contribution in [0, 0.1) is 5.82 Å². The maximum Gasteiger partial charge on any atom is 0.276 e. The van der Waals surface area contributed by atoms with Crippen LogP contribution in [0.4, 0.5) is 10.1 Å². The highest BCUT2D eigenvalue weighted by Crippen LogP contribution is 2.19. The van der Waals surface area contributed by atoms with Crippen molar-refractivity contribution < 1.29 is 14.3 Å². The number of aromatic nitrogens is 3. The van der Waals surface area contributed by atoms with E-state index in [-0.39, 0.29) is 23.7 Å². The maximum absolute atomic E-state index is 13.8. The van der Waals surface area contributed by atoms with E-state index in [0.717, 1.165) is 18.8 Å². The number of benzene rings is 2. The lowest BCUT2D eigenvalue weighted by Crippen LogP contribution is -2.48. The summed E-state index contributed by atoms with van der Waals surface area (Å²) in [5.74, 6) is -0.669. The van der Waals surface area contributed by atoms with E-state index in [2.05, 4.69) is 27.3 Å². The summed E-state index contributed by atoms with van der Waals surface area (Å²) in [7, 11) is 0. The number of carbonyl (C=O) groups is 1. The molecule has 1 fully saturated rings. The zero-order chi connectivity index (χ0) is 20.2. The van der Waals surface area contributed by atoms with Gasteiger partial charge in [0.25, 0.3) is 5.91 Å². The quantitative estimate of drug-likeness (QED) is 0.716. The first-order valence-corrected chi connectivity index (χ1v) is 9.54. The molecular formula is C21H22FN5O2. The second-order valence-electron chi connectivity index (χ2n) is 6.98. The molecule has 29 heavy (non-hydrogen) atoms. The average Bonchev–Trinajstić information content (AvgIpc) is 3.22. The molecule has 2 heterocycles. The Hall–Kier alpha value is -3.26. The lowest BCUT2D eigenvalue weighted by atomic mass is 10.1. The fourth-order valence-corrected chi connectivity index (χ4v) is 3.48. The van der Waals surface area contributed by atoms with Gasteiger partial charge in [-0.15, -0.1) is 5.10 Å². The molecule has 1 unspecified atom stereocenters. The zero-order valence-corrected chi connectivity index (χ0v) is 15.9. The smallest absolute Gasteiger partial charge is 0.276 e. The van der Waals surface area contributed by atoms with Gasteiger partial charge in [0.1, 0.15) is 11.9 Å². The van der Waals surface area contributed by atoms with Crippen LogP contribution in [0.3, 0.4) is 0 Å². The number of para-hydroxylation sites is 1. The normalized spacial score (nSPS) is 15.4. The molecule has 1 amide bonds. The number of anilines is 1. The molecule has 7 nitrogen and oxygen atoms in total. The molecule has 0 aliphatic carbocycles. The number of aliphatic hydroxyl groups is 1. The van der Waals surface area contributed by atoms with Crippen LogP contribution in [0.2, 0.25) is 0 Å². The van der Waals surface area contributed by atoms with E-state index >= 15 is 0 Å². The van der Waals surface area contributed by atoms with Crippen molar-refractivity contribution in [3.63, 3.8) is 0 Å². The van der Waals surface area contributed by atoms with Crippen LogP contribution < -0.4 is 4.90 Å². The molecule has 1 aromatic heterocycles. The van der Waals surface area contributed by atoms with E-state index in [1.807, 2.05) is 18.2 Å². The summed E-state index contributed by atoms with van der Waals surface area (Å²) in [6.07, 6.45) is 0.422. The van der Waals surface area contributed by atoms with Gasteiger partial charge in [0, 0.05) is 37.4 Å². The summed E-state index contributed by atoms with van der Waals surface area (Å²) in [6.45, 7) is 2.70. The van der Waals surface area contributed by atoms with E-state index in [1.54, 1.807) is 17.0 Å². The number of aliphatic hydroxyl groups excluding tert-OH is 1. The average molecular weight is 395 g/mol. The van der Waals surface area contributed by atoms with Crippen LogP contribution in [0.25, 0.3) is 0 Å². The monoisotopic (exact) mass is 395 g/mol. The summed E-state index contributed by atoms with van der Waals surface area (Å²) in [6, 6.07) is 16.1. The van der Waals surface area contributed by atoms with E-state index in [0.29, 0.717) is 13.1 Å². The number of halogens is 1. The fraction of sp³-hybridized carbons (Fsp3) is 0.286. The zero-order valence-electron chi connectivity index (χ0n) is 15.9. The Kier molecular flexibility index (Phi) is 5.53. The van der Waals surface area contributed by atoms with E-state index in [1.165, 1.54) is 23.0 Å². The number of piperazine rings is 1. The van der Waals surface area contributed by atoms with Crippen molar-refractivity contribution in [3.8, 4) is 0 Å². The summed E-state index contributed by atoms with van der Waals surface area (Å²) in [5, 5.41) is 18.1. The van der Waals surface area contributed by atoms with Crippen LogP contribution in [0.15, 0.2) is 60.8 Å². The van der Waals surface area contributed by atoms with Gasteiger partial charge >= 0.3 is 0 Å². The highest BCUT2D eigenvalue weighted by atomic mass is 19.1. The maximum atomic E-state index is 13.8. The van der Waals surface area contributed by atoms with Gasteiger partial charge in [-0.1, -0.05) is 41.6 Å². The minimum absolute atomic E-state index is 0.0169. The highest BCUT2D eigenvalue weighted by molar-refractivity contribution is 5.92. The molecule has 1 atom stereocenters. The van der Waals surface area contributed by atoms with Crippen molar-refractivity contribution in [1.29, 1.82) is 0 Å². The minimum Gasteiger partial charge on any atom is -0.386 e. The summed E-state index contributed by atoms with van der Waals surface area (Å²) in [5.41, 5.74) is 1.56. The predicted molar refractivity (Wildman–Crippen MR) is 106 cm³/mol. The van der Waals surface area contributed by atoms with Gasteiger partial charge in [-0.2, -0.15) is 0 Å². The van der Waals surface area contributed by atoms with Gasteiger partial charge in [0.15, 0.2) is 5.69 Å². The first-order chi connectivity index (χ1) is 14.1. The SMILES string of the molecule is O=C(c1cn(CC(O)c2ccccc2F)nn1)N1CCN(c2ccccc2)CC1. The molecule has 1 saturated heterocycles. The molecular weight excluding hydrogens is 373 g/mol. The molecule has 1 aliphatic rings. The van der Waals surface area contributed by atoms with Gasteiger partial charge < -0.3 is 14.9 Å². The van der Waals surface area contributed by atoms with Crippen molar-refractivity contribution in [1.82, 2.24) is 19.9 Å². The van der Waals surface area contributed by atoms with Crippen molar-refractivity contribution in [2.45, 2.75) is 12.6 Å². The Morgan fingerprint density at radius 2 is 1.72 bits per heavy atom. The molecule has 0 bridgehead atoms. The van der Waals surface area contributed by atoms with E-state index < -0.39 is 11.9 Å². The third-order valence-corrected chi connectivity index (χ3v) is 5.07. The van der Waals surface area contributed by atoms with Gasteiger partial charge in [-0.3, -0.25) is 4.79 Å². The third kappa shape index (κ3) is 4.27. The Morgan fingerprint density at radius 1 is 1.03 bits per heavy atom. The number of hydrogen-bond acceptors (Lipinski definition) is 5. The van der Waals surface area contributed by atoms with E-state index in [4.69, 9.17) is 0 Å². The lowest BCUT2D eigenvalue weighted by molar-refractivity contribution is 0.0740. The summed E-state index contributed by atoms with van der Waals surface area (Å²) in [4.78, 5) is 16.7. The van der Waals surface area contributed by atoms with Crippen LogP contribution in [0.1, 0.15) is 22.2 Å². The predicted octanol–water partition coefficient (Wildman–Crippen LogP) is 2.11. The number of hydrogen-bond donors (Lipinski definition) is 1. The van der Waals surface area contributed by atoms with Crippen molar-refractivity contribution in [2.75, 3.05) is 31.1 Å². The van der Waals surface area contributed by atoms with Crippen LogP contribution in [-0.2, 0) is 6.54 Å². The van der Waals surface area contributed by atoms with Gasteiger partial charge in [0.05, 0.1) is 12.7 Å². The molecule has 1 aliphatic heterocycles. The fourth-order valence-electron chi connectivity index (χ4n) is 3.48. The van der Waals surface area contributed by atoms with Crippen molar-refractivity contribution >= 4 is 11.6 Å². The second kappa shape index (κ2) is 8.40. The van der Waals surface area contributed by atoms with E-state index in [9.17, 15) is 14.3 Å². The number of nitrogens with zero attached hydrogens (tertiary/aromatic N) is 5. The van der Waals surface area contributed by atoms with Gasteiger partial charge in [-0.25, -0.2) is 9.07 Å². The van der Waals surface area contributed by atoms with Gasteiger partial charge in [0.2, 0.25) is 0 Å². The van der Waals surface area contributed by atoms with Crippen molar-refractivity contribution in [2.24, 2.45) is 0 Å². The first-order valence-electron chi connectivity index (χ1n) is 9.54. The topological polar surface area (TPSA) is 74.5 Å². The highest BCUT2D eigenvalue weighted by Gasteiger charge is 2.24. The first kappa shape index (κ1) is 19.1. The summed E-state index contributed by atoms with van der Waals surface area (Å²) < 4.78 is 15.2. The molecule has 0 spiro atoms. The second-order valence-corrected chi connectivity index (χ2v) is 6.98. The number of rotatable bonds is 5. The van der Waals surface area contributed by atoms with Crippen molar-refractivity contribution in [3.05, 3.63) is 77.9 Å². The third-order valence-electron chi connectivity index (χ3n) is 5.07.